The zero-order chi connectivity index (χ0) is 12.8. The van der Waals surface area contributed by atoms with Crippen LogP contribution < -0.4 is 5.73 Å². The number of halogens is 3. The molecule has 0 saturated heterocycles. The largest absolute Gasteiger partial charge is 0.401 e. The normalized spacial score (nSPS) is 13.5. The van der Waals surface area contributed by atoms with Crippen molar-refractivity contribution in [1.29, 1.82) is 0 Å². The van der Waals surface area contributed by atoms with Crippen LogP contribution in [0.1, 0.15) is 33.1 Å². The number of rotatable bonds is 7. The van der Waals surface area contributed by atoms with E-state index in [0.717, 1.165) is 19.3 Å². The van der Waals surface area contributed by atoms with E-state index >= 15 is 0 Å². The van der Waals surface area contributed by atoms with Crippen LogP contribution in [0.3, 0.4) is 0 Å². The minimum atomic E-state index is -4.10. The first-order valence-electron chi connectivity index (χ1n) is 5.62. The minimum Gasteiger partial charge on any atom is -0.330 e. The SMILES string of the molecule is CN(CCCC(C)(C)CCN)CC(F)(F)F. The lowest BCUT2D eigenvalue weighted by molar-refractivity contribution is -0.143. The predicted molar refractivity (Wildman–Crippen MR) is 60.2 cm³/mol. The summed E-state index contributed by atoms with van der Waals surface area (Å²) >= 11 is 0. The van der Waals surface area contributed by atoms with Crippen molar-refractivity contribution in [1.82, 2.24) is 4.90 Å². The molecule has 0 rings (SSSR count). The molecule has 2 N–H and O–H groups in total. The maximum Gasteiger partial charge on any atom is 0.401 e. The van der Waals surface area contributed by atoms with Crippen LogP contribution in [0.5, 0.6) is 0 Å². The molecule has 0 aromatic carbocycles. The molecule has 5 heteroatoms. The van der Waals surface area contributed by atoms with Gasteiger partial charge in [0.15, 0.2) is 0 Å². The van der Waals surface area contributed by atoms with Gasteiger partial charge in [-0.05, 0) is 44.8 Å². The first kappa shape index (κ1) is 15.7. The number of hydrogen-bond donors (Lipinski definition) is 1. The van der Waals surface area contributed by atoms with Crippen LogP contribution in [0.15, 0.2) is 0 Å². The number of nitrogens with two attached hydrogens (primary N) is 1. The lowest BCUT2D eigenvalue weighted by Gasteiger charge is -2.25. The standard InChI is InChI=1S/C11H23F3N2/c1-10(2,6-7-15)5-4-8-16(3)9-11(12,13)14/h4-9,15H2,1-3H3. The van der Waals surface area contributed by atoms with E-state index in [1.165, 1.54) is 11.9 Å². The molecule has 0 unspecified atom stereocenters. The predicted octanol–water partition coefficient (Wildman–Crippen LogP) is 2.64. The second-order valence-electron chi connectivity index (χ2n) is 5.16. The summed E-state index contributed by atoms with van der Waals surface area (Å²) in [6.45, 7) is 4.48. The van der Waals surface area contributed by atoms with Gasteiger partial charge in [0.1, 0.15) is 0 Å². The summed E-state index contributed by atoms with van der Waals surface area (Å²) in [5, 5.41) is 0. The molecule has 0 aliphatic carbocycles. The molecule has 0 spiro atoms. The highest BCUT2D eigenvalue weighted by atomic mass is 19.4. The first-order chi connectivity index (χ1) is 7.16. The molecule has 0 amide bonds. The van der Waals surface area contributed by atoms with Crippen molar-refractivity contribution in [2.24, 2.45) is 11.1 Å². The van der Waals surface area contributed by atoms with Crippen molar-refractivity contribution in [3.8, 4) is 0 Å². The van der Waals surface area contributed by atoms with Gasteiger partial charge in [0, 0.05) is 0 Å². The highest BCUT2D eigenvalue weighted by molar-refractivity contribution is 4.70. The molecule has 0 saturated carbocycles. The summed E-state index contributed by atoms with van der Waals surface area (Å²) in [6.07, 6.45) is -1.50. The van der Waals surface area contributed by atoms with E-state index in [0.29, 0.717) is 13.1 Å². The van der Waals surface area contributed by atoms with Crippen molar-refractivity contribution in [3.05, 3.63) is 0 Å². The Balaban J connectivity index is 3.73. The van der Waals surface area contributed by atoms with Crippen molar-refractivity contribution in [2.75, 3.05) is 26.7 Å². The lowest BCUT2D eigenvalue weighted by Crippen LogP contribution is -2.32. The average Bonchev–Trinajstić information content (AvgIpc) is 1.99. The Morgan fingerprint density at radius 1 is 1.12 bits per heavy atom. The number of hydrogen-bond acceptors (Lipinski definition) is 2. The molecule has 0 bridgehead atoms. The molecule has 98 valence electrons. The Morgan fingerprint density at radius 2 is 1.69 bits per heavy atom. The van der Waals surface area contributed by atoms with Crippen LogP contribution in [-0.4, -0.2) is 37.8 Å². The van der Waals surface area contributed by atoms with E-state index in [4.69, 9.17) is 5.73 Å². The molecule has 0 aliphatic rings. The summed E-state index contributed by atoms with van der Waals surface area (Å²) in [7, 11) is 1.50. The van der Waals surface area contributed by atoms with Gasteiger partial charge < -0.3 is 5.73 Å². The van der Waals surface area contributed by atoms with Gasteiger partial charge in [-0.3, -0.25) is 4.90 Å². The molecular formula is C11H23F3N2. The quantitative estimate of drug-likeness (QED) is 0.741. The van der Waals surface area contributed by atoms with Crippen LogP contribution in [0.25, 0.3) is 0 Å². The van der Waals surface area contributed by atoms with E-state index in [1.807, 2.05) is 0 Å². The van der Waals surface area contributed by atoms with Crippen molar-refractivity contribution < 1.29 is 13.2 Å². The Labute approximate surface area is 96.0 Å². The molecule has 0 radical (unpaired) electrons. The average molecular weight is 240 g/mol. The van der Waals surface area contributed by atoms with Gasteiger partial charge in [0.05, 0.1) is 6.54 Å². The topological polar surface area (TPSA) is 29.3 Å². The van der Waals surface area contributed by atoms with Crippen molar-refractivity contribution >= 4 is 0 Å². The van der Waals surface area contributed by atoms with E-state index in [1.54, 1.807) is 0 Å². The number of nitrogens with zero attached hydrogens (tertiary/aromatic N) is 1. The van der Waals surface area contributed by atoms with E-state index in [2.05, 4.69) is 13.8 Å². The summed E-state index contributed by atoms with van der Waals surface area (Å²) in [5.74, 6) is 0. The minimum absolute atomic E-state index is 0.133. The summed E-state index contributed by atoms with van der Waals surface area (Å²) in [5.41, 5.74) is 5.60. The van der Waals surface area contributed by atoms with Gasteiger partial charge in [-0.1, -0.05) is 13.8 Å². The number of alkyl halides is 3. The Morgan fingerprint density at radius 3 is 2.12 bits per heavy atom. The second kappa shape index (κ2) is 6.45. The van der Waals surface area contributed by atoms with Gasteiger partial charge in [-0.25, -0.2) is 0 Å². The molecule has 16 heavy (non-hydrogen) atoms. The molecular weight excluding hydrogens is 217 g/mol. The van der Waals surface area contributed by atoms with Crippen molar-refractivity contribution in [2.45, 2.75) is 39.3 Å². The summed E-state index contributed by atoms with van der Waals surface area (Å²) in [4.78, 5) is 1.32. The monoisotopic (exact) mass is 240 g/mol. The molecule has 0 aromatic heterocycles. The van der Waals surface area contributed by atoms with Crippen LogP contribution in [0.2, 0.25) is 0 Å². The molecule has 0 aromatic rings. The zero-order valence-corrected chi connectivity index (χ0v) is 10.4. The van der Waals surface area contributed by atoms with Crippen LogP contribution >= 0.6 is 0 Å². The molecule has 0 aliphatic heterocycles. The third-order valence-electron chi connectivity index (χ3n) is 2.66. The van der Waals surface area contributed by atoms with Crippen LogP contribution in [-0.2, 0) is 0 Å². The lowest BCUT2D eigenvalue weighted by atomic mass is 9.84. The van der Waals surface area contributed by atoms with E-state index < -0.39 is 12.7 Å². The van der Waals surface area contributed by atoms with Crippen LogP contribution in [0.4, 0.5) is 13.2 Å². The first-order valence-corrected chi connectivity index (χ1v) is 5.62. The Hall–Kier alpha value is -0.290. The molecule has 0 fully saturated rings. The summed E-state index contributed by atoms with van der Waals surface area (Å²) in [6, 6.07) is 0. The smallest absolute Gasteiger partial charge is 0.330 e. The van der Waals surface area contributed by atoms with Gasteiger partial charge in [0.2, 0.25) is 0 Å². The molecule has 0 heterocycles. The third kappa shape index (κ3) is 8.97. The van der Waals surface area contributed by atoms with Crippen LogP contribution in [0, 0.1) is 5.41 Å². The molecule has 0 atom stereocenters. The zero-order valence-electron chi connectivity index (χ0n) is 10.4. The molecule has 2 nitrogen and oxygen atoms in total. The van der Waals surface area contributed by atoms with Gasteiger partial charge in [-0.15, -0.1) is 0 Å². The second-order valence-corrected chi connectivity index (χ2v) is 5.16. The highest BCUT2D eigenvalue weighted by Gasteiger charge is 2.29. The van der Waals surface area contributed by atoms with Gasteiger partial charge in [0.25, 0.3) is 0 Å². The summed E-state index contributed by atoms with van der Waals surface area (Å²) < 4.78 is 36.1. The fraction of sp³-hybridized carbons (Fsp3) is 1.00. The van der Waals surface area contributed by atoms with Gasteiger partial charge in [-0.2, -0.15) is 13.2 Å². The van der Waals surface area contributed by atoms with Crippen molar-refractivity contribution in [3.63, 3.8) is 0 Å². The Kier molecular flexibility index (Phi) is 6.33. The fourth-order valence-corrected chi connectivity index (χ4v) is 1.73. The van der Waals surface area contributed by atoms with Gasteiger partial charge >= 0.3 is 6.18 Å². The Bertz CT molecular complexity index is 190. The van der Waals surface area contributed by atoms with E-state index in [9.17, 15) is 13.2 Å². The van der Waals surface area contributed by atoms with E-state index in [-0.39, 0.29) is 5.41 Å². The highest BCUT2D eigenvalue weighted by Crippen LogP contribution is 2.26. The fourth-order valence-electron chi connectivity index (χ4n) is 1.73. The maximum atomic E-state index is 12.0. The third-order valence-corrected chi connectivity index (χ3v) is 2.66. The maximum absolute atomic E-state index is 12.0.